The van der Waals surface area contributed by atoms with Crippen LogP contribution in [0.3, 0.4) is 0 Å². The standard InChI is InChI=1S/C13H22N2O4S/c1-9-5-6-10(2)13(12(9)14)20(17,18)15(3)7-11(16)8-19-4/h5-6,11,16H,7-8,14H2,1-4H3. The average Bonchev–Trinajstić information content (AvgIpc) is 2.34. The van der Waals surface area contributed by atoms with Gasteiger partial charge in [-0.3, -0.25) is 0 Å². The lowest BCUT2D eigenvalue weighted by atomic mass is 10.1. The molecule has 0 heterocycles. The number of nitrogens with zero attached hydrogens (tertiary/aromatic N) is 1. The lowest BCUT2D eigenvalue weighted by molar-refractivity contribution is 0.0554. The lowest BCUT2D eigenvalue weighted by Crippen LogP contribution is -2.36. The fourth-order valence-corrected chi connectivity index (χ4v) is 3.54. The van der Waals surface area contributed by atoms with E-state index in [1.165, 1.54) is 14.2 Å². The molecule has 0 amide bonds. The number of sulfonamides is 1. The molecule has 0 radical (unpaired) electrons. The van der Waals surface area contributed by atoms with E-state index in [-0.39, 0.29) is 23.7 Å². The summed E-state index contributed by atoms with van der Waals surface area (Å²) in [6.45, 7) is 3.47. The first-order valence-electron chi connectivity index (χ1n) is 6.20. The summed E-state index contributed by atoms with van der Waals surface area (Å²) >= 11 is 0. The number of aliphatic hydroxyl groups is 1. The van der Waals surface area contributed by atoms with Gasteiger partial charge in [-0.25, -0.2) is 8.42 Å². The van der Waals surface area contributed by atoms with E-state index in [9.17, 15) is 13.5 Å². The molecule has 6 nitrogen and oxygen atoms in total. The number of nitrogens with two attached hydrogens (primary N) is 1. The summed E-state index contributed by atoms with van der Waals surface area (Å²) in [7, 11) is -0.886. The molecule has 0 fully saturated rings. The molecule has 3 N–H and O–H groups in total. The molecule has 1 atom stereocenters. The Labute approximate surface area is 120 Å². The van der Waals surface area contributed by atoms with Crippen LogP contribution in [0.5, 0.6) is 0 Å². The van der Waals surface area contributed by atoms with Crippen LogP contribution < -0.4 is 5.73 Å². The third kappa shape index (κ3) is 3.49. The zero-order chi connectivity index (χ0) is 15.5. The number of ether oxygens (including phenoxy) is 1. The van der Waals surface area contributed by atoms with Crippen LogP contribution in [0.1, 0.15) is 11.1 Å². The smallest absolute Gasteiger partial charge is 0.245 e. The quantitative estimate of drug-likeness (QED) is 0.747. The van der Waals surface area contributed by atoms with Crippen molar-refractivity contribution in [1.82, 2.24) is 4.31 Å². The Bertz CT molecular complexity index is 572. The van der Waals surface area contributed by atoms with E-state index in [1.807, 2.05) is 0 Å². The van der Waals surface area contributed by atoms with Crippen LogP contribution >= 0.6 is 0 Å². The fourth-order valence-electron chi connectivity index (χ4n) is 1.95. The number of aliphatic hydroxyl groups excluding tert-OH is 1. The minimum atomic E-state index is -3.74. The maximum Gasteiger partial charge on any atom is 0.245 e. The number of likely N-dealkylation sites (N-methyl/N-ethyl adjacent to an activating group) is 1. The monoisotopic (exact) mass is 302 g/mol. The molecule has 0 aliphatic rings. The molecule has 0 spiro atoms. The van der Waals surface area contributed by atoms with E-state index in [0.29, 0.717) is 11.1 Å². The van der Waals surface area contributed by atoms with Crippen LogP contribution in [0.15, 0.2) is 17.0 Å². The summed E-state index contributed by atoms with van der Waals surface area (Å²) in [6.07, 6.45) is -0.883. The van der Waals surface area contributed by atoms with E-state index >= 15 is 0 Å². The molecule has 1 unspecified atom stereocenters. The number of hydrogen-bond donors (Lipinski definition) is 2. The van der Waals surface area contributed by atoms with Crippen molar-refractivity contribution in [2.24, 2.45) is 0 Å². The summed E-state index contributed by atoms with van der Waals surface area (Å²) < 4.78 is 31.0. The number of methoxy groups -OCH3 is 1. The second-order valence-electron chi connectivity index (χ2n) is 4.84. The highest BCUT2D eigenvalue weighted by molar-refractivity contribution is 7.89. The van der Waals surface area contributed by atoms with Crippen molar-refractivity contribution in [3.05, 3.63) is 23.3 Å². The Hall–Kier alpha value is -1.15. The topological polar surface area (TPSA) is 92.9 Å². The molecule has 0 aliphatic heterocycles. The highest BCUT2D eigenvalue weighted by Gasteiger charge is 2.27. The van der Waals surface area contributed by atoms with Gasteiger partial charge in [-0.2, -0.15) is 4.31 Å². The van der Waals surface area contributed by atoms with E-state index < -0.39 is 16.1 Å². The van der Waals surface area contributed by atoms with Gasteiger partial charge < -0.3 is 15.6 Å². The first-order valence-corrected chi connectivity index (χ1v) is 7.64. The molecule has 0 aromatic heterocycles. The van der Waals surface area contributed by atoms with Gasteiger partial charge in [0, 0.05) is 20.7 Å². The van der Waals surface area contributed by atoms with Crippen molar-refractivity contribution in [2.45, 2.75) is 24.8 Å². The van der Waals surface area contributed by atoms with Crippen molar-refractivity contribution < 1.29 is 18.3 Å². The van der Waals surface area contributed by atoms with Crippen LogP contribution in [0, 0.1) is 13.8 Å². The Balaban J connectivity index is 3.14. The van der Waals surface area contributed by atoms with Crippen molar-refractivity contribution in [2.75, 3.05) is 33.0 Å². The van der Waals surface area contributed by atoms with Crippen LogP contribution in [0.2, 0.25) is 0 Å². The van der Waals surface area contributed by atoms with Crippen molar-refractivity contribution in [1.29, 1.82) is 0 Å². The average molecular weight is 302 g/mol. The van der Waals surface area contributed by atoms with Gasteiger partial charge in [-0.05, 0) is 25.0 Å². The summed E-state index contributed by atoms with van der Waals surface area (Å²) in [5, 5.41) is 9.66. The van der Waals surface area contributed by atoms with E-state index in [4.69, 9.17) is 10.5 Å². The second-order valence-corrected chi connectivity index (χ2v) is 6.82. The third-order valence-electron chi connectivity index (χ3n) is 3.11. The summed E-state index contributed by atoms with van der Waals surface area (Å²) in [4.78, 5) is 0.101. The van der Waals surface area contributed by atoms with Crippen molar-refractivity contribution in [3.63, 3.8) is 0 Å². The normalized spacial score (nSPS) is 13.7. The number of aryl methyl sites for hydroxylation is 2. The first-order chi connectivity index (χ1) is 9.21. The zero-order valence-electron chi connectivity index (χ0n) is 12.3. The predicted octanol–water partition coefficient (Wildman–Crippen LogP) is 0.513. The van der Waals surface area contributed by atoms with Crippen molar-refractivity contribution >= 4 is 15.7 Å². The molecule has 20 heavy (non-hydrogen) atoms. The van der Waals surface area contributed by atoms with Gasteiger partial charge in [-0.15, -0.1) is 0 Å². The molecule has 0 saturated heterocycles. The van der Waals surface area contributed by atoms with Gasteiger partial charge in [0.05, 0.1) is 18.4 Å². The molecular formula is C13H22N2O4S. The lowest BCUT2D eigenvalue weighted by Gasteiger charge is -2.22. The maximum atomic E-state index is 12.6. The second kappa shape index (κ2) is 6.53. The van der Waals surface area contributed by atoms with Crippen LogP contribution in [0.4, 0.5) is 5.69 Å². The number of hydrogen-bond acceptors (Lipinski definition) is 5. The summed E-state index contributed by atoms with van der Waals surface area (Å²) in [6, 6.07) is 3.50. The SMILES string of the molecule is COCC(O)CN(C)S(=O)(=O)c1c(C)ccc(C)c1N. The third-order valence-corrected chi connectivity index (χ3v) is 5.13. The van der Waals surface area contributed by atoms with Gasteiger partial charge in [-0.1, -0.05) is 12.1 Å². The van der Waals surface area contributed by atoms with Crippen LogP contribution in [-0.4, -0.2) is 51.2 Å². The minimum absolute atomic E-state index is 0.0526. The molecule has 0 bridgehead atoms. The van der Waals surface area contributed by atoms with Gasteiger partial charge >= 0.3 is 0 Å². The molecule has 1 aromatic carbocycles. The molecule has 114 valence electrons. The zero-order valence-corrected chi connectivity index (χ0v) is 13.1. The molecule has 7 heteroatoms. The minimum Gasteiger partial charge on any atom is -0.397 e. The fraction of sp³-hybridized carbons (Fsp3) is 0.538. The Morgan fingerprint density at radius 1 is 1.35 bits per heavy atom. The first kappa shape index (κ1) is 16.9. The molecule has 1 rings (SSSR count). The van der Waals surface area contributed by atoms with Gasteiger partial charge in [0.15, 0.2) is 0 Å². The largest absolute Gasteiger partial charge is 0.397 e. The number of benzene rings is 1. The number of nitrogen functional groups attached to an aromatic ring is 1. The van der Waals surface area contributed by atoms with Crippen LogP contribution in [0.25, 0.3) is 0 Å². The molecule has 0 aliphatic carbocycles. The Kier molecular flexibility index (Phi) is 5.52. The highest BCUT2D eigenvalue weighted by atomic mass is 32.2. The number of rotatable bonds is 6. The van der Waals surface area contributed by atoms with Crippen molar-refractivity contribution in [3.8, 4) is 0 Å². The molecular weight excluding hydrogens is 280 g/mol. The summed E-state index contributed by atoms with van der Waals surface area (Å²) in [5.41, 5.74) is 7.44. The summed E-state index contributed by atoms with van der Waals surface area (Å²) in [5.74, 6) is 0. The van der Waals surface area contributed by atoms with E-state index in [2.05, 4.69) is 0 Å². The molecule has 0 saturated carbocycles. The highest BCUT2D eigenvalue weighted by Crippen LogP contribution is 2.28. The Morgan fingerprint density at radius 2 is 1.90 bits per heavy atom. The number of anilines is 1. The van der Waals surface area contributed by atoms with Gasteiger partial charge in [0.2, 0.25) is 10.0 Å². The molecule has 1 aromatic rings. The van der Waals surface area contributed by atoms with Gasteiger partial charge in [0.1, 0.15) is 4.90 Å². The maximum absolute atomic E-state index is 12.6. The van der Waals surface area contributed by atoms with Gasteiger partial charge in [0.25, 0.3) is 0 Å². The van der Waals surface area contributed by atoms with E-state index in [1.54, 1.807) is 26.0 Å². The predicted molar refractivity (Wildman–Crippen MR) is 78.0 cm³/mol. The van der Waals surface area contributed by atoms with E-state index in [0.717, 1.165) is 4.31 Å². The Morgan fingerprint density at radius 3 is 2.45 bits per heavy atom. The van der Waals surface area contributed by atoms with Crippen LogP contribution in [-0.2, 0) is 14.8 Å².